The molecule has 3 rings (SSSR count). The highest BCUT2D eigenvalue weighted by Gasteiger charge is 2.65. The Hall–Kier alpha value is -0.450. The first kappa shape index (κ1) is 9.75. The third-order valence-corrected chi connectivity index (χ3v) is 4.95. The molecule has 1 heterocycles. The Bertz CT molecular complexity index is 308. The summed E-state index contributed by atoms with van der Waals surface area (Å²) in [5.74, 6) is 0.939. The lowest BCUT2D eigenvalue weighted by molar-refractivity contribution is -0.692. The minimum absolute atomic E-state index is 0.0897. The van der Waals surface area contributed by atoms with Gasteiger partial charge in [-0.2, -0.15) is 9.78 Å². The molecule has 2 atom stereocenters. The number of carbonyl (C=O) groups is 1. The molecule has 3 aliphatic rings. The Morgan fingerprint density at radius 2 is 2.13 bits per heavy atom. The summed E-state index contributed by atoms with van der Waals surface area (Å²) in [4.78, 5) is 21.7. The zero-order valence-electron chi connectivity index (χ0n) is 9.12. The Morgan fingerprint density at radius 1 is 1.40 bits per heavy atom. The highest BCUT2D eigenvalue weighted by atomic mass is 17.6. The molecule has 15 heavy (non-hydrogen) atoms. The number of carbonyl (C=O) groups excluding carboxylic acids is 1. The van der Waals surface area contributed by atoms with E-state index in [4.69, 9.17) is 9.78 Å². The predicted octanol–water partition coefficient (Wildman–Crippen LogP) is 1.99. The molecule has 2 aliphatic carbocycles. The molecular weight excluding hydrogens is 196 g/mol. The maximum absolute atomic E-state index is 12.1. The molecule has 0 radical (unpaired) electrons. The minimum Gasteiger partial charge on any atom is -0.299 e. The molecule has 0 amide bonds. The van der Waals surface area contributed by atoms with Gasteiger partial charge >= 0.3 is 0 Å². The second-order valence-corrected chi connectivity index (χ2v) is 5.56. The lowest BCUT2D eigenvalue weighted by atomic mass is 9.67. The van der Waals surface area contributed by atoms with E-state index in [9.17, 15) is 4.79 Å². The number of rotatable bonds is 2. The van der Waals surface area contributed by atoms with Gasteiger partial charge in [0.2, 0.25) is 6.29 Å². The minimum atomic E-state index is -0.343. The van der Waals surface area contributed by atoms with Crippen LogP contribution in [0.3, 0.4) is 0 Å². The molecule has 0 spiro atoms. The topological polar surface area (TPSA) is 44.8 Å². The van der Waals surface area contributed by atoms with Crippen molar-refractivity contribution in [2.24, 2.45) is 16.7 Å². The molecule has 1 saturated heterocycles. The molecule has 2 unspecified atom stereocenters. The van der Waals surface area contributed by atoms with Crippen molar-refractivity contribution in [1.82, 2.24) is 0 Å². The van der Waals surface area contributed by atoms with Crippen molar-refractivity contribution in [3.05, 3.63) is 0 Å². The van der Waals surface area contributed by atoms with E-state index in [0.717, 1.165) is 19.3 Å². The van der Waals surface area contributed by atoms with Crippen molar-refractivity contribution in [3.63, 3.8) is 0 Å². The Kier molecular flexibility index (Phi) is 1.83. The number of fused-ring (bicyclic) bond motifs is 2. The summed E-state index contributed by atoms with van der Waals surface area (Å²) in [7, 11) is 0. The van der Waals surface area contributed by atoms with E-state index < -0.39 is 0 Å². The molecule has 4 nitrogen and oxygen atoms in total. The fourth-order valence-electron chi connectivity index (χ4n) is 3.70. The molecule has 0 aromatic heterocycles. The highest BCUT2D eigenvalue weighted by Crippen LogP contribution is 2.66. The van der Waals surface area contributed by atoms with Gasteiger partial charge in [-0.25, -0.2) is 0 Å². The number of ketones is 1. The lowest BCUT2D eigenvalue weighted by Crippen LogP contribution is -2.43. The van der Waals surface area contributed by atoms with E-state index in [1.807, 2.05) is 0 Å². The molecule has 84 valence electrons. The van der Waals surface area contributed by atoms with E-state index in [2.05, 4.69) is 18.9 Å². The van der Waals surface area contributed by atoms with E-state index >= 15 is 0 Å². The first-order valence-electron chi connectivity index (χ1n) is 5.58. The van der Waals surface area contributed by atoms with Crippen LogP contribution in [0.1, 0.15) is 39.5 Å². The van der Waals surface area contributed by atoms with Gasteiger partial charge in [0.05, 0.1) is 0 Å². The summed E-state index contributed by atoms with van der Waals surface area (Å²) in [5.41, 5.74) is -0.140. The van der Waals surface area contributed by atoms with E-state index in [1.165, 1.54) is 0 Å². The normalized spacial score (nSPS) is 43.3. The highest BCUT2D eigenvalue weighted by molar-refractivity contribution is 5.89. The second kappa shape index (κ2) is 2.81. The van der Waals surface area contributed by atoms with Gasteiger partial charge < -0.3 is 0 Å². The van der Waals surface area contributed by atoms with Gasteiger partial charge in [0.15, 0.2) is 0 Å². The molecule has 0 aromatic carbocycles. The number of hydrogen-bond donors (Lipinski definition) is 0. The fourth-order valence-corrected chi connectivity index (χ4v) is 3.70. The summed E-state index contributed by atoms with van der Waals surface area (Å²) in [6.07, 6.45) is 3.18. The van der Waals surface area contributed by atoms with E-state index in [1.54, 1.807) is 0 Å². The average molecular weight is 212 g/mol. The van der Waals surface area contributed by atoms with Crippen molar-refractivity contribution < 1.29 is 19.6 Å². The summed E-state index contributed by atoms with van der Waals surface area (Å²) < 4.78 is 0. The summed E-state index contributed by atoms with van der Waals surface area (Å²) >= 11 is 0. The zero-order valence-corrected chi connectivity index (χ0v) is 9.12. The second-order valence-electron chi connectivity index (χ2n) is 5.56. The van der Waals surface area contributed by atoms with Gasteiger partial charge in [-0.15, -0.1) is 0 Å². The van der Waals surface area contributed by atoms with Crippen LogP contribution < -0.4 is 0 Å². The maximum Gasteiger partial charge on any atom is 0.231 e. The van der Waals surface area contributed by atoms with Crippen LogP contribution in [0.5, 0.6) is 0 Å². The SMILES string of the molecule is CC1(C)C2CCC1(CC1OOO1)C(=O)C2. The third-order valence-electron chi connectivity index (χ3n) is 4.95. The molecule has 2 bridgehead atoms. The van der Waals surface area contributed by atoms with Crippen molar-refractivity contribution >= 4 is 5.78 Å². The van der Waals surface area contributed by atoms with Gasteiger partial charge in [0.25, 0.3) is 0 Å². The van der Waals surface area contributed by atoms with Crippen LogP contribution in [0, 0.1) is 16.7 Å². The Labute approximate surface area is 88.7 Å². The molecule has 1 aliphatic heterocycles. The van der Waals surface area contributed by atoms with Crippen LogP contribution in [0.4, 0.5) is 0 Å². The van der Waals surface area contributed by atoms with Crippen LogP contribution >= 0.6 is 0 Å². The van der Waals surface area contributed by atoms with Crippen LogP contribution in [-0.4, -0.2) is 12.1 Å². The van der Waals surface area contributed by atoms with E-state index in [-0.39, 0.29) is 17.1 Å². The summed E-state index contributed by atoms with van der Waals surface area (Å²) in [5, 5.41) is 4.24. The van der Waals surface area contributed by atoms with Crippen LogP contribution in [0.2, 0.25) is 0 Å². The quantitative estimate of drug-likeness (QED) is 0.657. The zero-order chi connectivity index (χ0) is 10.7. The smallest absolute Gasteiger partial charge is 0.231 e. The standard InChI is InChI=1S/C11H16O4/c1-10(2)7-3-4-11(10,8(12)5-7)6-9-13-15-14-9/h7,9H,3-6H2,1-2H3. The monoisotopic (exact) mass is 212 g/mol. The predicted molar refractivity (Wildman–Crippen MR) is 50.2 cm³/mol. The summed E-state index contributed by atoms with van der Waals surface area (Å²) in [6.45, 7) is 4.41. The van der Waals surface area contributed by atoms with Crippen LogP contribution in [0.25, 0.3) is 0 Å². The largest absolute Gasteiger partial charge is 0.299 e. The number of hydrogen-bond acceptors (Lipinski definition) is 4. The third kappa shape index (κ3) is 1.05. The van der Waals surface area contributed by atoms with Crippen LogP contribution in [-0.2, 0) is 19.6 Å². The van der Waals surface area contributed by atoms with E-state index in [0.29, 0.717) is 18.1 Å². The molecule has 0 N–H and O–H groups in total. The van der Waals surface area contributed by atoms with Gasteiger partial charge in [-0.1, -0.05) is 18.9 Å². The molecule has 0 aromatic rings. The molecular formula is C11H16O4. The summed E-state index contributed by atoms with van der Waals surface area (Å²) in [6, 6.07) is 0. The first-order chi connectivity index (χ1) is 7.06. The van der Waals surface area contributed by atoms with Crippen molar-refractivity contribution in [1.29, 1.82) is 0 Å². The van der Waals surface area contributed by atoms with Gasteiger partial charge in [-0.05, 0) is 24.2 Å². The Balaban J connectivity index is 1.89. The van der Waals surface area contributed by atoms with Crippen molar-refractivity contribution in [2.45, 2.75) is 45.8 Å². The van der Waals surface area contributed by atoms with Crippen LogP contribution in [0.15, 0.2) is 0 Å². The average Bonchev–Trinajstić information content (AvgIpc) is 2.44. The van der Waals surface area contributed by atoms with Crippen molar-refractivity contribution in [2.75, 3.05) is 0 Å². The molecule has 3 fully saturated rings. The van der Waals surface area contributed by atoms with Crippen molar-refractivity contribution in [3.8, 4) is 0 Å². The van der Waals surface area contributed by atoms with Gasteiger partial charge in [0.1, 0.15) is 5.78 Å². The number of Topliss-reactive ketones (excluding diaryl/α,β-unsaturated/α-hetero) is 1. The van der Waals surface area contributed by atoms with Gasteiger partial charge in [-0.3, -0.25) is 4.79 Å². The molecule has 4 heteroatoms. The molecule has 2 saturated carbocycles. The first-order valence-corrected chi connectivity index (χ1v) is 5.58. The maximum atomic E-state index is 12.1. The Morgan fingerprint density at radius 3 is 2.53 bits per heavy atom. The fraction of sp³-hybridized carbons (Fsp3) is 0.909. The lowest BCUT2D eigenvalue weighted by Gasteiger charge is -2.39. The van der Waals surface area contributed by atoms with Gasteiger partial charge in [0, 0.05) is 18.3 Å².